The molecule has 7 nitrogen and oxygen atoms in total. The van der Waals surface area contributed by atoms with E-state index in [2.05, 4.69) is 20.7 Å². The average molecular weight is 287 g/mol. The number of pyridine rings is 1. The zero-order valence-electron chi connectivity index (χ0n) is 12.0. The van der Waals surface area contributed by atoms with Crippen LogP contribution >= 0.6 is 0 Å². The Hall–Kier alpha value is -2.70. The Morgan fingerprint density at radius 3 is 2.86 bits per heavy atom. The van der Waals surface area contributed by atoms with Gasteiger partial charge in [0.05, 0.1) is 24.1 Å². The fourth-order valence-electron chi connectivity index (χ4n) is 1.86. The normalized spacial score (nSPS) is 10.2. The van der Waals surface area contributed by atoms with Crippen molar-refractivity contribution >= 4 is 17.5 Å². The molecule has 0 spiro atoms. The monoisotopic (exact) mass is 287 g/mol. The number of nitrogens with one attached hydrogen (secondary N) is 2. The van der Waals surface area contributed by atoms with Crippen molar-refractivity contribution in [1.82, 2.24) is 20.1 Å². The van der Waals surface area contributed by atoms with E-state index >= 15 is 0 Å². The van der Waals surface area contributed by atoms with Crippen molar-refractivity contribution in [3.8, 4) is 0 Å². The summed E-state index contributed by atoms with van der Waals surface area (Å²) < 4.78 is 1.60. The fraction of sp³-hybridized carbons (Fsp3) is 0.286. The number of nitrogens with zero attached hydrogens (tertiary/aromatic N) is 3. The minimum absolute atomic E-state index is 0.109. The maximum Gasteiger partial charge on any atom is 0.269 e. The first-order valence-electron chi connectivity index (χ1n) is 6.62. The van der Waals surface area contributed by atoms with Crippen LogP contribution in [0.2, 0.25) is 0 Å². The third-order valence-electron chi connectivity index (χ3n) is 2.79. The summed E-state index contributed by atoms with van der Waals surface area (Å²) >= 11 is 0. The summed E-state index contributed by atoms with van der Waals surface area (Å²) in [5.74, 6) is -0.630. The maximum absolute atomic E-state index is 12.0. The molecular weight excluding hydrogens is 270 g/mol. The molecule has 0 aliphatic carbocycles. The van der Waals surface area contributed by atoms with Gasteiger partial charge in [0.25, 0.3) is 5.91 Å². The fourth-order valence-corrected chi connectivity index (χ4v) is 1.86. The van der Waals surface area contributed by atoms with E-state index < -0.39 is 0 Å². The molecule has 0 aliphatic heterocycles. The summed E-state index contributed by atoms with van der Waals surface area (Å²) in [4.78, 5) is 27.7. The first kappa shape index (κ1) is 14.7. The predicted octanol–water partition coefficient (Wildman–Crippen LogP) is 0.975. The molecule has 0 atom stereocenters. The minimum Gasteiger partial charge on any atom is -0.342 e. The Morgan fingerprint density at radius 2 is 2.19 bits per heavy atom. The molecule has 0 unspecified atom stereocenters. The Kier molecular flexibility index (Phi) is 4.65. The highest BCUT2D eigenvalue weighted by Crippen LogP contribution is 2.04. The first-order chi connectivity index (χ1) is 10.1. The van der Waals surface area contributed by atoms with Gasteiger partial charge >= 0.3 is 0 Å². The second-order valence-corrected chi connectivity index (χ2v) is 4.46. The number of carbonyl (C=O) groups is 2. The molecule has 0 saturated heterocycles. The minimum atomic E-state index is -0.321. The topological polar surface area (TPSA) is 88.9 Å². The Bertz CT molecular complexity index is 636. The van der Waals surface area contributed by atoms with Crippen LogP contribution in [0.1, 0.15) is 23.1 Å². The van der Waals surface area contributed by atoms with E-state index in [0.717, 1.165) is 5.69 Å². The van der Waals surface area contributed by atoms with Crippen LogP contribution < -0.4 is 10.6 Å². The summed E-state index contributed by atoms with van der Waals surface area (Å²) in [6.45, 7) is 4.20. The standard InChI is InChI=1S/C14H17N5O2/c1-3-19-12(7-10(2)18-19)14(21)16-9-13(20)17-11-5-4-6-15-8-11/h4-8H,3,9H2,1-2H3,(H,16,21)(H,17,20). The third-order valence-corrected chi connectivity index (χ3v) is 2.79. The van der Waals surface area contributed by atoms with Crippen molar-refractivity contribution in [1.29, 1.82) is 0 Å². The highest BCUT2D eigenvalue weighted by Gasteiger charge is 2.14. The van der Waals surface area contributed by atoms with Crippen molar-refractivity contribution in [3.05, 3.63) is 42.0 Å². The molecule has 0 aromatic carbocycles. The van der Waals surface area contributed by atoms with E-state index in [0.29, 0.717) is 17.9 Å². The number of hydrogen-bond donors (Lipinski definition) is 2. The number of rotatable bonds is 5. The second-order valence-electron chi connectivity index (χ2n) is 4.46. The summed E-state index contributed by atoms with van der Waals surface area (Å²) in [5, 5.41) is 9.41. The number of carbonyl (C=O) groups excluding carboxylic acids is 2. The van der Waals surface area contributed by atoms with Gasteiger partial charge in [-0.3, -0.25) is 19.3 Å². The Balaban J connectivity index is 1.90. The van der Waals surface area contributed by atoms with Crippen LogP contribution in [-0.4, -0.2) is 33.1 Å². The molecule has 2 amide bonds. The predicted molar refractivity (Wildman–Crippen MR) is 77.8 cm³/mol. The first-order valence-corrected chi connectivity index (χ1v) is 6.62. The van der Waals surface area contributed by atoms with Crippen LogP contribution in [0, 0.1) is 6.92 Å². The van der Waals surface area contributed by atoms with Gasteiger partial charge in [-0.05, 0) is 32.0 Å². The van der Waals surface area contributed by atoms with Crippen LogP contribution in [0.3, 0.4) is 0 Å². The summed E-state index contributed by atoms with van der Waals surface area (Å²) in [5.41, 5.74) is 1.80. The van der Waals surface area contributed by atoms with Gasteiger partial charge in [-0.25, -0.2) is 0 Å². The van der Waals surface area contributed by atoms with E-state index in [1.54, 1.807) is 29.1 Å². The molecule has 0 radical (unpaired) electrons. The van der Waals surface area contributed by atoms with E-state index in [-0.39, 0.29) is 18.4 Å². The number of amides is 2. The molecule has 110 valence electrons. The van der Waals surface area contributed by atoms with E-state index in [9.17, 15) is 9.59 Å². The lowest BCUT2D eigenvalue weighted by Crippen LogP contribution is -2.34. The van der Waals surface area contributed by atoms with Gasteiger partial charge in [-0.1, -0.05) is 0 Å². The SMILES string of the molecule is CCn1nc(C)cc1C(=O)NCC(=O)Nc1cccnc1. The van der Waals surface area contributed by atoms with Crippen LogP contribution in [0.25, 0.3) is 0 Å². The second kappa shape index (κ2) is 6.65. The highest BCUT2D eigenvalue weighted by molar-refractivity contribution is 5.98. The molecule has 7 heteroatoms. The summed E-state index contributed by atoms with van der Waals surface area (Å²) in [6.07, 6.45) is 3.15. The van der Waals surface area contributed by atoms with Crippen LogP contribution in [0.4, 0.5) is 5.69 Å². The molecule has 2 aromatic rings. The molecule has 2 aromatic heterocycles. The van der Waals surface area contributed by atoms with Gasteiger partial charge in [0, 0.05) is 12.7 Å². The van der Waals surface area contributed by atoms with Gasteiger partial charge < -0.3 is 10.6 Å². The maximum atomic E-state index is 12.0. The zero-order valence-corrected chi connectivity index (χ0v) is 12.0. The van der Waals surface area contributed by atoms with Crippen molar-refractivity contribution < 1.29 is 9.59 Å². The Morgan fingerprint density at radius 1 is 1.38 bits per heavy atom. The van der Waals surface area contributed by atoms with Crippen LogP contribution in [0.15, 0.2) is 30.6 Å². The van der Waals surface area contributed by atoms with Crippen LogP contribution in [-0.2, 0) is 11.3 Å². The smallest absolute Gasteiger partial charge is 0.269 e. The van der Waals surface area contributed by atoms with E-state index in [4.69, 9.17) is 0 Å². The van der Waals surface area contributed by atoms with Crippen LogP contribution in [0.5, 0.6) is 0 Å². The molecule has 0 aliphatic rings. The lowest BCUT2D eigenvalue weighted by atomic mass is 10.3. The molecule has 0 fully saturated rings. The zero-order chi connectivity index (χ0) is 15.2. The summed E-state index contributed by atoms with van der Waals surface area (Å²) in [7, 11) is 0. The average Bonchev–Trinajstić information content (AvgIpc) is 2.87. The molecule has 0 bridgehead atoms. The lowest BCUT2D eigenvalue weighted by molar-refractivity contribution is -0.115. The van der Waals surface area contributed by atoms with Gasteiger partial charge in [-0.2, -0.15) is 5.10 Å². The van der Waals surface area contributed by atoms with E-state index in [1.807, 2.05) is 13.8 Å². The van der Waals surface area contributed by atoms with Gasteiger partial charge in [0.2, 0.25) is 5.91 Å². The van der Waals surface area contributed by atoms with Crippen molar-refractivity contribution in [2.24, 2.45) is 0 Å². The molecule has 2 heterocycles. The number of anilines is 1. The van der Waals surface area contributed by atoms with Crippen molar-refractivity contribution in [3.63, 3.8) is 0 Å². The van der Waals surface area contributed by atoms with Crippen molar-refractivity contribution in [2.45, 2.75) is 20.4 Å². The molecular formula is C14H17N5O2. The Labute approximate surface area is 122 Å². The number of aryl methyl sites for hydroxylation is 2. The quantitative estimate of drug-likeness (QED) is 0.857. The van der Waals surface area contributed by atoms with Gasteiger partial charge in [-0.15, -0.1) is 0 Å². The molecule has 2 rings (SSSR count). The summed E-state index contributed by atoms with van der Waals surface area (Å²) in [6, 6.07) is 5.14. The molecule has 21 heavy (non-hydrogen) atoms. The lowest BCUT2D eigenvalue weighted by Gasteiger charge is -2.07. The molecule has 0 saturated carbocycles. The van der Waals surface area contributed by atoms with Gasteiger partial charge in [0.15, 0.2) is 0 Å². The number of hydrogen-bond acceptors (Lipinski definition) is 4. The van der Waals surface area contributed by atoms with Crippen molar-refractivity contribution in [2.75, 3.05) is 11.9 Å². The highest BCUT2D eigenvalue weighted by atomic mass is 16.2. The third kappa shape index (κ3) is 3.88. The van der Waals surface area contributed by atoms with E-state index in [1.165, 1.54) is 6.20 Å². The molecule has 2 N–H and O–H groups in total. The van der Waals surface area contributed by atoms with Gasteiger partial charge in [0.1, 0.15) is 5.69 Å². The largest absolute Gasteiger partial charge is 0.342 e. The number of aromatic nitrogens is 3.